The van der Waals surface area contributed by atoms with Gasteiger partial charge in [-0.3, -0.25) is 0 Å². The number of hydrogen-bond acceptors (Lipinski definition) is 2. The Balaban J connectivity index is 1.38. The van der Waals surface area contributed by atoms with Crippen LogP contribution in [0.4, 0.5) is 19.7 Å². The van der Waals surface area contributed by atoms with Crippen molar-refractivity contribution in [2.75, 3.05) is 18.4 Å². The second-order valence-electron chi connectivity index (χ2n) is 6.51. The highest BCUT2D eigenvalue weighted by Gasteiger charge is 2.23. The fourth-order valence-corrected chi connectivity index (χ4v) is 2.99. The van der Waals surface area contributed by atoms with Gasteiger partial charge in [0.05, 0.1) is 0 Å². The molecule has 3 rings (SSSR count). The first-order valence-electron chi connectivity index (χ1n) is 9.00. The van der Waals surface area contributed by atoms with E-state index < -0.39 is 0 Å². The number of halogens is 1. The molecule has 3 N–H and O–H groups in total. The van der Waals surface area contributed by atoms with E-state index in [2.05, 4.69) is 16.0 Å². The number of amides is 4. The van der Waals surface area contributed by atoms with Gasteiger partial charge in [-0.25, -0.2) is 14.0 Å². The van der Waals surface area contributed by atoms with Crippen LogP contribution in [0.2, 0.25) is 0 Å². The molecule has 0 radical (unpaired) electrons. The summed E-state index contributed by atoms with van der Waals surface area (Å²) in [5.41, 5.74) is 1.59. The molecule has 1 aliphatic heterocycles. The molecule has 6 nitrogen and oxygen atoms in total. The molecule has 1 aliphatic rings. The molecule has 2 aromatic carbocycles. The van der Waals surface area contributed by atoms with Crippen molar-refractivity contribution >= 4 is 17.7 Å². The second kappa shape index (κ2) is 9.02. The third-order valence-corrected chi connectivity index (χ3v) is 4.51. The highest BCUT2D eigenvalue weighted by atomic mass is 19.1. The summed E-state index contributed by atoms with van der Waals surface area (Å²) in [6, 6.07) is 15.0. The first-order chi connectivity index (χ1) is 13.1. The van der Waals surface area contributed by atoms with Crippen LogP contribution in [0.3, 0.4) is 0 Å². The van der Waals surface area contributed by atoms with Crippen LogP contribution in [0, 0.1) is 5.82 Å². The molecule has 0 bridgehead atoms. The first-order valence-corrected chi connectivity index (χ1v) is 9.00. The van der Waals surface area contributed by atoms with E-state index in [0.717, 1.165) is 11.3 Å². The molecule has 0 aliphatic carbocycles. The van der Waals surface area contributed by atoms with Gasteiger partial charge in [0.15, 0.2) is 0 Å². The molecule has 142 valence electrons. The van der Waals surface area contributed by atoms with Crippen LogP contribution in [-0.4, -0.2) is 36.1 Å². The summed E-state index contributed by atoms with van der Waals surface area (Å²) >= 11 is 0. The summed E-state index contributed by atoms with van der Waals surface area (Å²) in [5, 5.41) is 8.58. The van der Waals surface area contributed by atoms with E-state index >= 15 is 0 Å². The van der Waals surface area contributed by atoms with E-state index in [1.54, 1.807) is 17.0 Å². The fraction of sp³-hybridized carbons (Fsp3) is 0.300. The van der Waals surface area contributed by atoms with Crippen LogP contribution in [-0.2, 0) is 6.54 Å². The highest BCUT2D eigenvalue weighted by molar-refractivity contribution is 5.89. The Morgan fingerprint density at radius 3 is 2.33 bits per heavy atom. The standard InChI is InChI=1S/C20H23FN4O2/c21-16-8-6-15(7-9-16)14-22-20(27)25-12-10-18(11-13-25)24-19(26)23-17-4-2-1-3-5-17/h1-9,18H,10-14H2,(H,22,27)(H2,23,24,26). The minimum atomic E-state index is -0.295. The Morgan fingerprint density at radius 1 is 1.00 bits per heavy atom. The maximum absolute atomic E-state index is 12.9. The van der Waals surface area contributed by atoms with Crippen molar-refractivity contribution in [2.24, 2.45) is 0 Å². The largest absolute Gasteiger partial charge is 0.335 e. The normalized spacial score (nSPS) is 14.5. The molecule has 0 atom stereocenters. The fourth-order valence-electron chi connectivity index (χ4n) is 2.99. The Bertz CT molecular complexity index is 759. The Morgan fingerprint density at radius 2 is 1.67 bits per heavy atom. The monoisotopic (exact) mass is 370 g/mol. The molecule has 4 amide bonds. The zero-order chi connectivity index (χ0) is 19.1. The molecular formula is C20H23FN4O2. The molecule has 0 saturated carbocycles. The van der Waals surface area contributed by atoms with Gasteiger partial charge in [-0.1, -0.05) is 30.3 Å². The third-order valence-electron chi connectivity index (χ3n) is 4.51. The average Bonchev–Trinajstić information content (AvgIpc) is 2.68. The lowest BCUT2D eigenvalue weighted by Crippen LogP contribution is -2.50. The second-order valence-corrected chi connectivity index (χ2v) is 6.51. The minimum absolute atomic E-state index is 0.0369. The lowest BCUT2D eigenvalue weighted by molar-refractivity contribution is 0.176. The molecular weight excluding hydrogens is 347 g/mol. The predicted octanol–water partition coefficient (Wildman–Crippen LogP) is 3.32. The maximum atomic E-state index is 12.9. The van der Waals surface area contributed by atoms with Crippen molar-refractivity contribution in [2.45, 2.75) is 25.4 Å². The lowest BCUT2D eigenvalue weighted by Gasteiger charge is -2.32. The lowest BCUT2D eigenvalue weighted by atomic mass is 10.1. The Hall–Kier alpha value is -3.09. The molecule has 1 saturated heterocycles. The van der Waals surface area contributed by atoms with Gasteiger partial charge in [-0.15, -0.1) is 0 Å². The van der Waals surface area contributed by atoms with Crippen molar-refractivity contribution in [3.63, 3.8) is 0 Å². The zero-order valence-corrected chi connectivity index (χ0v) is 15.0. The number of hydrogen-bond donors (Lipinski definition) is 3. The highest BCUT2D eigenvalue weighted by Crippen LogP contribution is 2.12. The number of likely N-dealkylation sites (tertiary alicyclic amines) is 1. The molecule has 0 spiro atoms. The van der Waals surface area contributed by atoms with E-state index in [0.29, 0.717) is 32.5 Å². The van der Waals surface area contributed by atoms with Crippen molar-refractivity contribution in [1.29, 1.82) is 0 Å². The van der Waals surface area contributed by atoms with Crippen LogP contribution in [0.5, 0.6) is 0 Å². The van der Waals surface area contributed by atoms with Crippen LogP contribution in [0.1, 0.15) is 18.4 Å². The van der Waals surface area contributed by atoms with E-state index in [4.69, 9.17) is 0 Å². The average molecular weight is 370 g/mol. The van der Waals surface area contributed by atoms with Gasteiger partial charge in [0.1, 0.15) is 5.82 Å². The number of anilines is 1. The van der Waals surface area contributed by atoms with Crippen molar-refractivity contribution in [3.05, 3.63) is 66.0 Å². The number of rotatable bonds is 4. The minimum Gasteiger partial charge on any atom is -0.335 e. The third kappa shape index (κ3) is 5.70. The SMILES string of the molecule is O=C(Nc1ccccc1)NC1CCN(C(=O)NCc2ccc(F)cc2)CC1. The molecule has 7 heteroatoms. The van der Waals surface area contributed by atoms with Crippen molar-refractivity contribution in [3.8, 4) is 0 Å². The number of nitrogens with zero attached hydrogens (tertiary/aromatic N) is 1. The zero-order valence-electron chi connectivity index (χ0n) is 15.0. The number of para-hydroxylation sites is 1. The number of benzene rings is 2. The number of carbonyl (C=O) groups is 2. The van der Waals surface area contributed by atoms with Crippen LogP contribution in [0.25, 0.3) is 0 Å². The van der Waals surface area contributed by atoms with Gasteiger partial charge < -0.3 is 20.9 Å². The predicted molar refractivity (Wildman–Crippen MR) is 102 cm³/mol. The maximum Gasteiger partial charge on any atom is 0.319 e. The Labute approximate surface area is 157 Å². The van der Waals surface area contributed by atoms with Gasteiger partial charge in [-0.2, -0.15) is 0 Å². The Kier molecular flexibility index (Phi) is 6.25. The quantitative estimate of drug-likeness (QED) is 0.772. The van der Waals surface area contributed by atoms with Crippen molar-refractivity contribution in [1.82, 2.24) is 15.5 Å². The van der Waals surface area contributed by atoms with Gasteiger partial charge in [-0.05, 0) is 42.7 Å². The van der Waals surface area contributed by atoms with E-state index in [9.17, 15) is 14.0 Å². The van der Waals surface area contributed by atoms with Crippen molar-refractivity contribution < 1.29 is 14.0 Å². The topological polar surface area (TPSA) is 73.5 Å². The number of nitrogens with one attached hydrogen (secondary N) is 3. The summed E-state index contributed by atoms with van der Waals surface area (Å²) in [4.78, 5) is 26.0. The molecule has 1 heterocycles. The number of urea groups is 2. The summed E-state index contributed by atoms with van der Waals surface area (Å²) in [7, 11) is 0. The van der Waals surface area contributed by atoms with Gasteiger partial charge >= 0.3 is 12.1 Å². The van der Waals surface area contributed by atoms with Gasteiger partial charge in [0, 0.05) is 31.4 Å². The number of piperidine rings is 1. The molecule has 0 aromatic heterocycles. The molecule has 0 unspecified atom stereocenters. The summed E-state index contributed by atoms with van der Waals surface area (Å²) in [6.07, 6.45) is 1.40. The van der Waals surface area contributed by atoms with Gasteiger partial charge in [0.2, 0.25) is 0 Å². The van der Waals surface area contributed by atoms with E-state index in [1.807, 2.05) is 30.3 Å². The van der Waals surface area contributed by atoms with E-state index in [-0.39, 0.29) is 23.9 Å². The van der Waals surface area contributed by atoms with Crippen LogP contribution in [0.15, 0.2) is 54.6 Å². The smallest absolute Gasteiger partial charge is 0.319 e. The molecule has 2 aromatic rings. The number of carbonyl (C=O) groups excluding carboxylic acids is 2. The van der Waals surface area contributed by atoms with Crippen LogP contribution < -0.4 is 16.0 Å². The molecule has 1 fully saturated rings. The van der Waals surface area contributed by atoms with Gasteiger partial charge in [0.25, 0.3) is 0 Å². The summed E-state index contributed by atoms with van der Waals surface area (Å²) in [6.45, 7) is 1.51. The summed E-state index contributed by atoms with van der Waals surface area (Å²) < 4.78 is 12.9. The first kappa shape index (κ1) is 18.7. The summed E-state index contributed by atoms with van der Waals surface area (Å²) in [5.74, 6) is -0.295. The van der Waals surface area contributed by atoms with E-state index in [1.165, 1.54) is 12.1 Å². The van der Waals surface area contributed by atoms with Crippen LogP contribution >= 0.6 is 0 Å². The molecule has 27 heavy (non-hydrogen) atoms.